The van der Waals surface area contributed by atoms with Gasteiger partial charge in [0.2, 0.25) is 11.6 Å². The summed E-state index contributed by atoms with van der Waals surface area (Å²) in [5.74, 6) is -1.98. The number of hydrogen-bond donors (Lipinski definition) is 3. The van der Waals surface area contributed by atoms with Crippen LogP contribution in [0, 0.1) is 11.8 Å². The van der Waals surface area contributed by atoms with Crippen LogP contribution < -0.4 is 11.1 Å². The van der Waals surface area contributed by atoms with Gasteiger partial charge in [-0.25, -0.2) is 4.79 Å². The molecule has 0 saturated heterocycles. The molecule has 2 aliphatic rings. The SMILES string of the molecule is COC1=C2C[C@@H](C)CC[C@H](O)[C@@H](C)/C=C(\C)[C@H](OC(N)=O)[C@@H](OC)/C=C\C=C(/C)C(=O)NC(=CC1=O)C2=O. The third-order valence-electron chi connectivity index (χ3n) is 6.65. The zero-order valence-electron chi connectivity index (χ0n) is 22.8. The maximum atomic E-state index is 13.2. The standard InChI is InChI=1S/C28H38N2O8/c1-15-10-11-21(31)17(3)13-18(4)25(38-28(29)35)23(36-5)9-7-8-16(2)27(34)30-20-14-22(32)26(37-6)19(12-15)24(20)33/h7-9,13-15,17,21,23,25,31H,10-12H2,1-6H3,(H2,29,35)(H,30,34)/b9-7-,16-8+,18-13+/t15-,17-,21-,23-,25-/m0/s1. The van der Waals surface area contributed by atoms with Crippen molar-refractivity contribution in [3.05, 3.63) is 58.6 Å². The van der Waals surface area contributed by atoms with Gasteiger partial charge in [0.15, 0.2) is 11.9 Å². The summed E-state index contributed by atoms with van der Waals surface area (Å²) in [7, 11) is 2.77. The molecular weight excluding hydrogens is 492 g/mol. The molecule has 1 heterocycles. The first-order valence-electron chi connectivity index (χ1n) is 12.5. The Bertz CT molecular complexity index is 1100. The molecule has 2 rings (SSSR count). The molecule has 0 aromatic rings. The molecule has 0 saturated carbocycles. The van der Waals surface area contributed by atoms with Crippen LogP contribution in [0.15, 0.2) is 58.6 Å². The highest BCUT2D eigenvalue weighted by Crippen LogP contribution is 2.28. The minimum absolute atomic E-state index is 0.0421. The Morgan fingerprint density at radius 2 is 1.82 bits per heavy atom. The minimum Gasteiger partial charge on any atom is -0.492 e. The second kappa shape index (κ2) is 13.9. The van der Waals surface area contributed by atoms with Crippen molar-refractivity contribution < 1.29 is 38.5 Å². The zero-order chi connectivity index (χ0) is 28.6. The Kier molecular flexibility index (Phi) is 11.2. The van der Waals surface area contributed by atoms with Crippen molar-refractivity contribution in [2.75, 3.05) is 14.2 Å². The summed E-state index contributed by atoms with van der Waals surface area (Å²) >= 11 is 0. The lowest BCUT2D eigenvalue weighted by Crippen LogP contribution is -2.35. The van der Waals surface area contributed by atoms with Crippen LogP contribution in [-0.4, -0.2) is 61.2 Å². The zero-order valence-corrected chi connectivity index (χ0v) is 22.8. The third-order valence-corrected chi connectivity index (χ3v) is 6.65. The van der Waals surface area contributed by atoms with Crippen molar-refractivity contribution in [3.8, 4) is 0 Å². The quantitative estimate of drug-likeness (QED) is 0.372. The van der Waals surface area contributed by atoms with Gasteiger partial charge < -0.3 is 30.4 Å². The van der Waals surface area contributed by atoms with Crippen LogP contribution >= 0.6 is 0 Å². The van der Waals surface area contributed by atoms with Crippen molar-refractivity contribution in [3.63, 3.8) is 0 Å². The molecular formula is C28H38N2O8. The van der Waals surface area contributed by atoms with Crippen molar-refractivity contribution in [1.29, 1.82) is 0 Å². The number of ether oxygens (including phenoxy) is 3. The molecule has 5 atom stereocenters. The molecule has 208 valence electrons. The Morgan fingerprint density at radius 3 is 2.42 bits per heavy atom. The lowest BCUT2D eigenvalue weighted by molar-refractivity contribution is -0.120. The summed E-state index contributed by atoms with van der Waals surface area (Å²) in [6.45, 7) is 7.06. The molecule has 0 radical (unpaired) electrons. The molecule has 0 spiro atoms. The average molecular weight is 531 g/mol. The van der Waals surface area contributed by atoms with Crippen LogP contribution in [0.4, 0.5) is 4.79 Å². The number of hydrogen-bond acceptors (Lipinski definition) is 8. The van der Waals surface area contributed by atoms with Gasteiger partial charge in [-0.3, -0.25) is 14.4 Å². The predicted octanol–water partition coefficient (Wildman–Crippen LogP) is 2.78. The summed E-state index contributed by atoms with van der Waals surface area (Å²) in [6, 6.07) is 0. The van der Waals surface area contributed by atoms with E-state index in [1.165, 1.54) is 20.3 Å². The van der Waals surface area contributed by atoms with Gasteiger partial charge in [0.05, 0.1) is 18.9 Å². The van der Waals surface area contributed by atoms with Crippen molar-refractivity contribution in [2.24, 2.45) is 17.6 Å². The highest BCUT2D eigenvalue weighted by molar-refractivity contribution is 6.23. The number of methoxy groups -OCH3 is 2. The molecule has 0 fully saturated rings. The molecule has 38 heavy (non-hydrogen) atoms. The van der Waals surface area contributed by atoms with E-state index in [9.17, 15) is 24.3 Å². The van der Waals surface area contributed by atoms with Crippen LogP contribution in [0.2, 0.25) is 0 Å². The Morgan fingerprint density at radius 1 is 1.13 bits per heavy atom. The Balaban J connectivity index is 2.51. The second-order valence-electron chi connectivity index (χ2n) is 9.73. The molecule has 1 aliphatic heterocycles. The number of amides is 2. The lowest BCUT2D eigenvalue weighted by atomic mass is 9.87. The van der Waals surface area contributed by atoms with E-state index >= 15 is 0 Å². The van der Waals surface area contributed by atoms with Crippen molar-refractivity contribution >= 4 is 23.6 Å². The van der Waals surface area contributed by atoms with E-state index in [0.29, 0.717) is 18.4 Å². The van der Waals surface area contributed by atoms with Gasteiger partial charge in [-0.05, 0) is 44.6 Å². The maximum Gasteiger partial charge on any atom is 0.405 e. The molecule has 2 amide bonds. The van der Waals surface area contributed by atoms with Gasteiger partial charge in [-0.1, -0.05) is 38.2 Å². The molecule has 1 aliphatic carbocycles. The van der Waals surface area contributed by atoms with E-state index in [1.54, 1.807) is 32.1 Å². The molecule has 0 aromatic heterocycles. The molecule has 2 bridgehead atoms. The van der Waals surface area contributed by atoms with Crippen LogP contribution in [0.3, 0.4) is 0 Å². The molecule has 4 N–H and O–H groups in total. The fraction of sp³-hybridized carbons (Fsp3) is 0.500. The largest absolute Gasteiger partial charge is 0.492 e. The van der Waals surface area contributed by atoms with Gasteiger partial charge >= 0.3 is 6.09 Å². The van der Waals surface area contributed by atoms with Gasteiger partial charge in [0.1, 0.15) is 6.10 Å². The maximum absolute atomic E-state index is 13.2. The monoisotopic (exact) mass is 530 g/mol. The van der Waals surface area contributed by atoms with E-state index < -0.39 is 41.9 Å². The number of aliphatic hydroxyl groups excluding tert-OH is 1. The summed E-state index contributed by atoms with van der Waals surface area (Å²) < 4.78 is 16.1. The summed E-state index contributed by atoms with van der Waals surface area (Å²) in [4.78, 5) is 50.3. The number of Topliss-reactive ketones (excluding diaryl/α,β-unsaturated/α-hetero) is 1. The van der Waals surface area contributed by atoms with Gasteiger partial charge in [0.25, 0.3) is 5.91 Å². The van der Waals surface area contributed by atoms with Crippen molar-refractivity contribution in [1.82, 2.24) is 5.32 Å². The normalized spacial score (nSPS) is 31.8. The van der Waals surface area contributed by atoms with Gasteiger partial charge in [-0.15, -0.1) is 0 Å². The average Bonchev–Trinajstić information content (AvgIpc) is 2.85. The topological polar surface area (TPSA) is 154 Å². The molecule has 0 aromatic carbocycles. The number of fused-ring (bicyclic) bond motifs is 2. The van der Waals surface area contributed by atoms with Crippen LogP contribution in [-0.2, 0) is 28.6 Å². The number of rotatable bonds is 3. The first kappa shape index (κ1) is 30.7. The van der Waals surface area contributed by atoms with E-state index in [-0.39, 0.29) is 40.9 Å². The summed E-state index contributed by atoms with van der Waals surface area (Å²) in [6.07, 6.45) is 5.42. The van der Waals surface area contributed by atoms with Crippen LogP contribution in [0.5, 0.6) is 0 Å². The van der Waals surface area contributed by atoms with Gasteiger partial charge in [0, 0.05) is 30.2 Å². The number of carbonyl (C=O) groups is 4. The van der Waals surface area contributed by atoms with Crippen molar-refractivity contribution in [2.45, 2.75) is 65.3 Å². The van der Waals surface area contributed by atoms with Crippen LogP contribution in [0.1, 0.15) is 47.0 Å². The number of allylic oxidation sites excluding steroid dienone is 4. The Hall–Kier alpha value is -3.50. The number of primary amides is 1. The lowest BCUT2D eigenvalue weighted by Gasteiger charge is -2.26. The fourth-order valence-electron chi connectivity index (χ4n) is 4.42. The number of ketones is 2. The highest BCUT2D eigenvalue weighted by Gasteiger charge is 2.32. The smallest absolute Gasteiger partial charge is 0.405 e. The van der Waals surface area contributed by atoms with E-state index in [0.717, 1.165) is 6.08 Å². The number of carbonyl (C=O) groups excluding carboxylic acids is 4. The van der Waals surface area contributed by atoms with Gasteiger partial charge in [-0.2, -0.15) is 0 Å². The van der Waals surface area contributed by atoms with Crippen LogP contribution in [0.25, 0.3) is 0 Å². The highest BCUT2D eigenvalue weighted by atomic mass is 16.6. The molecule has 10 nitrogen and oxygen atoms in total. The third kappa shape index (κ3) is 8.00. The van der Waals surface area contributed by atoms with E-state index in [2.05, 4.69) is 5.32 Å². The Labute approximate surface area is 223 Å². The number of nitrogens with one attached hydrogen (secondary N) is 1. The fourth-order valence-corrected chi connectivity index (χ4v) is 4.42. The summed E-state index contributed by atoms with van der Waals surface area (Å²) in [5, 5.41) is 13.3. The molecule has 0 unspecified atom stereocenters. The first-order valence-corrected chi connectivity index (χ1v) is 12.5. The first-order chi connectivity index (χ1) is 17.9. The number of aliphatic hydroxyl groups is 1. The minimum atomic E-state index is -0.979. The second-order valence-corrected chi connectivity index (χ2v) is 9.73. The molecule has 10 heteroatoms. The predicted molar refractivity (Wildman–Crippen MR) is 140 cm³/mol. The van der Waals surface area contributed by atoms with E-state index in [1.807, 2.05) is 13.8 Å². The van der Waals surface area contributed by atoms with E-state index in [4.69, 9.17) is 19.9 Å². The number of nitrogens with two attached hydrogens (primary N) is 1. The summed E-state index contributed by atoms with van der Waals surface area (Å²) in [5.41, 5.74) is 6.25.